The molecule has 11 heteroatoms. The van der Waals surface area contributed by atoms with Crippen molar-refractivity contribution in [1.29, 1.82) is 0 Å². The maximum Gasteiger partial charge on any atom is 0.306 e. The number of allylic oxidation sites excluding steroid dienone is 15. The number of rotatable bonds is 41. The van der Waals surface area contributed by atoms with Crippen molar-refractivity contribution in [1.82, 2.24) is 5.32 Å². The van der Waals surface area contributed by atoms with E-state index in [0.717, 1.165) is 89.9 Å². The van der Waals surface area contributed by atoms with Gasteiger partial charge < -0.3 is 45.1 Å². The summed E-state index contributed by atoms with van der Waals surface area (Å²) in [6, 6.07) is -1.07. The second-order valence-corrected chi connectivity index (χ2v) is 17.6. The van der Waals surface area contributed by atoms with E-state index in [0.29, 0.717) is 12.8 Å². The first-order valence-corrected chi connectivity index (χ1v) is 26.1. The van der Waals surface area contributed by atoms with Gasteiger partial charge in [-0.05, 0) is 64.2 Å². The van der Waals surface area contributed by atoms with E-state index >= 15 is 0 Å². The Balaban J connectivity index is 2.84. The maximum atomic E-state index is 13.3. The Morgan fingerprint density at radius 2 is 1.15 bits per heavy atom. The lowest BCUT2D eigenvalue weighted by Gasteiger charge is -2.41. The second kappa shape index (κ2) is 43.8. The molecular weight excluding hydrogens is 847 g/mol. The highest BCUT2D eigenvalue weighted by atomic mass is 16.7. The molecular formula is C56H93NO10. The van der Waals surface area contributed by atoms with Crippen LogP contribution in [0.1, 0.15) is 181 Å². The van der Waals surface area contributed by atoms with Crippen LogP contribution < -0.4 is 5.32 Å². The predicted molar refractivity (Wildman–Crippen MR) is 273 cm³/mol. The predicted octanol–water partition coefficient (Wildman–Crippen LogP) is 10.8. The van der Waals surface area contributed by atoms with Crippen molar-refractivity contribution < 1.29 is 49.3 Å². The van der Waals surface area contributed by atoms with Crippen LogP contribution in [0.2, 0.25) is 0 Å². The topological polar surface area (TPSA) is 175 Å². The second-order valence-electron chi connectivity index (χ2n) is 17.6. The summed E-state index contributed by atoms with van der Waals surface area (Å²) in [5, 5.41) is 56.5. The number of aliphatic hydroxyl groups excluding tert-OH is 5. The van der Waals surface area contributed by atoms with Crippen LogP contribution in [-0.2, 0) is 23.8 Å². The zero-order valence-electron chi connectivity index (χ0n) is 41.7. The standard InChI is InChI=1S/C56H93NO10/c1-4-7-10-13-16-19-22-25-26-29-32-35-38-41-44-51(61)67-54-53(63)52(62)50(45-58)66-56(54)65-46-47(48(59)42-39-36-33-30-27-23-20-17-14-11-8-5-2)57-55(64)49(60)43-40-37-34-31-28-24-21-18-15-12-9-6-3/h7,9-10,12,15-16,18-19,21,24,28,31,34,37,39,42,47-50,52-54,56,58-60,62-63H,4-6,8,11,13-14,17,20,22-23,25-27,29-30,32-33,35-36,38,40-41,43-46H2,1-3H3,(H,57,64)/b10-7+,12-9+,18-15+,19-16+,24-21-,31-28-,37-34+,42-39+. The Labute approximate surface area is 405 Å². The van der Waals surface area contributed by atoms with Gasteiger partial charge in [0.2, 0.25) is 5.91 Å². The van der Waals surface area contributed by atoms with Gasteiger partial charge in [-0.15, -0.1) is 0 Å². The number of ether oxygens (including phenoxy) is 3. The zero-order valence-corrected chi connectivity index (χ0v) is 41.7. The lowest BCUT2D eigenvalue weighted by molar-refractivity contribution is -0.305. The number of nitrogens with one attached hydrogen (secondary N) is 1. The van der Waals surface area contributed by atoms with Gasteiger partial charge in [0.05, 0.1) is 25.4 Å². The van der Waals surface area contributed by atoms with Gasteiger partial charge in [-0.25, -0.2) is 0 Å². The first kappa shape index (κ1) is 61.6. The van der Waals surface area contributed by atoms with Gasteiger partial charge in [0, 0.05) is 6.42 Å². The van der Waals surface area contributed by atoms with Crippen LogP contribution in [-0.4, -0.2) is 99.6 Å². The molecule has 8 atom stereocenters. The molecule has 11 nitrogen and oxygen atoms in total. The molecule has 0 aromatic rings. The molecule has 0 aromatic heterocycles. The van der Waals surface area contributed by atoms with E-state index in [4.69, 9.17) is 14.2 Å². The smallest absolute Gasteiger partial charge is 0.306 e. The molecule has 0 spiro atoms. The fourth-order valence-electron chi connectivity index (χ4n) is 7.48. The summed E-state index contributed by atoms with van der Waals surface area (Å²) >= 11 is 0. The molecule has 1 aliphatic heterocycles. The maximum absolute atomic E-state index is 13.3. The number of carbonyl (C=O) groups is 2. The van der Waals surface area contributed by atoms with Crippen molar-refractivity contribution in [2.75, 3.05) is 13.2 Å². The summed E-state index contributed by atoms with van der Waals surface area (Å²) in [5.41, 5.74) is 0. The Morgan fingerprint density at radius 3 is 1.75 bits per heavy atom. The number of amides is 1. The lowest BCUT2D eigenvalue weighted by atomic mass is 9.99. The minimum Gasteiger partial charge on any atom is -0.454 e. The Hall–Kier alpha value is -3.42. The quantitative estimate of drug-likeness (QED) is 0.0150. The first-order valence-electron chi connectivity index (χ1n) is 26.1. The van der Waals surface area contributed by atoms with Gasteiger partial charge in [-0.1, -0.05) is 208 Å². The number of carbonyl (C=O) groups excluding carboxylic acids is 2. The van der Waals surface area contributed by atoms with Crippen molar-refractivity contribution in [3.05, 3.63) is 97.2 Å². The molecule has 1 fully saturated rings. The average Bonchev–Trinajstić information content (AvgIpc) is 3.32. The van der Waals surface area contributed by atoms with E-state index in [1.165, 1.54) is 44.9 Å². The number of hydrogen-bond donors (Lipinski definition) is 6. The molecule has 0 radical (unpaired) electrons. The van der Waals surface area contributed by atoms with E-state index < -0.39 is 67.4 Å². The highest BCUT2D eigenvalue weighted by molar-refractivity contribution is 5.80. The number of aliphatic hydroxyl groups is 5. The molecule has 0 aromatic carbocycles. The van der Waals surface area contributed by atoms with Crippen molar-refractivity contribution >= 4 is 11.9 Å². The third-order valence-corrected chi connectivity index (χ3v) is 11.6. The molecule has 1 rings (SSSR count). The highest BCUT2D eigenvalue weighted by Crippen LogP contribution is 2.26. The normalized spacial score (nSPS) is 20.9. The van der Waals surface area contributed by atoms with Gasteiger partial charge in [0.1, 0.15) is 24.4 Å². The third kappa shape index (κ3) is 32.9. The van der Waals surface area contributed by atoms with E-state index in [2.05, 4.69) is 56.5 Å². The van der Waals surface area contributed by atoms with Crippen LogP contribution in [0.25, 0.3) is 0 Å². The largest absolute Gasteiger partial charge is 0.454 e. The Bertz CT molecular complexity index is 1450. The van der Waals surface area contributed by atoms with Gasteiger partial charge in [0.25, 0.3) is 0 Å². The summed E-state index contributed by atoms with van der Waals surface area (Å²) in [4.78, 5) is 26.3. The van der Waals surface area contributed by atoms with Gasteiger partial charge >= 0.3 is 5.97 Å². The highest BCUT2D eigenvalue weighted by Gasteiger charge is 2.47. The van der Waals surface area contributed by atoms with Crippen LogP contribution in [0.4, 0.5) is 0 Å². The fourth-order valence-corrected chi connectivity index (χ4v) is 7.48. The lowest BCUT2D eigenvalue weighted by Crippen LogP contribution is -2.61. The van der Waals surface area contributed by atoms with E-state index in [-0.39, 0.29) is 19.4 Å². The Morgan fingerprint density at radius 1 is 0.612 bits per heavy atom. The first-order chi connectivity index (χ1) is 32.7. The van der Waals surface area contributed by atoms with Crippen LogP contribution in [0.3, 0.4) is 0 Å². The molecule has 1 amide bonds. The van der Waals surface area contributed by atoms with Crippen molar-refractivity contribution in [3.63, 3.8) is 0 Å². The molecule has 0 saturated carbocycles. The molecule has 6 N–H and O–H groups in total. The van der Waals surface area contributed by atoms with E-state index in [1.54, 1.807) is 6.08 Å². The molecule has 382 valence electrons. The number of unbranched alkanes of at least 4 members (excludes halogenated alkanes) is 17. The minimum absolute atomic E-state index is 0.100. The summed E-state index contributed by atoms with van der Waals surface area (Å²) in [7, 11) is 0. The molecule has 0 bridgehead atoms. The van der Waals surface area contributed by atoms with E-state index in [1.807, 2.05) is 60.8 Å². The van der Waals surface area contributed by atoms with Crippen LogP contribution >= 0.6 is 0 Å². The summed E-state index contributed by atoms with van der Waals surface area (Å²) in [6.45, 7) is 5.43. The molecule has 8 unspecified atom stereocenters. The molecule has 1 saturated heterocycles. The summed E-state index contributed by atoms with van der Waals surface area (Å²) in [6.07, 6.45) is 46.2. The monoisotopic (exact) mass is 940 g/mol. The van der Waals surface area contributed by atoms with Gasteiger partial charge in [0.15, 0.2) is 12.4 Å². The third-order valence-electron chi connectivity index (χ3n) is 11.6. The van der Waals surface area contributed by atoms with Crippen molar-refractivity contribution in [2.45, 2.75) is 230 Å². The van der Waals surface area contributed by atoms with E-state index in [9.17, 15) is 35.1 Å². The molecule has 1 aliphatic rings. The number of esters is 1. The SMILES string of the molecule is CC/C=C/C=C/C=C\C=C/C=C/CCC(O)C(=O)NC(COC1OC(CO)C(O)C(O)C1OC(=O)CCCCCCCCC/C=C/C/C=C/CC)C(O)/C=C/CCCCCCCCCCCC. The van der Waals surface area contributed by atoms with Crippen LogP contribution in [0, 0.1) is 0 Å². The molecule has 0 aliphatic carbocycles. The van der Waals surface area contributed by atoms with Gasteiger partial charge in [-0.3, -0.25) is 9.59 Å². The fraction of sp³-hybridized carbons (Fsp3) is 0.679. The van der Waals surface area contributed by atoms with Crippen LogP contribution in [0.5, 0.6) is 0 Å². The Kier molecular flexibility index (Phi) is 40.3. The average molecular weight is 940 g/mol. The zero-order chi connectivity index (χ0) is 49.0. The molecule has 67 heavy (non-hydrogen) atoms. The van der Waals surface area contributed by atoms with Crippen molar-refractivity contribution in [2.24, 2.45) is 0 Å². The van der Waals surface area contributed by atoms with Gasteiger partial charge in [-0.2, -0.15) is 0 Å². The summed E-state index contributed by atoms with van der Waals surface area (Å²) in [5.74, 6) is -1.29. The van der Waals surface area contributed by atoms with Crippen LogP contribution in [0.15, 0.2) is 97.2 Å². The molecule has 1 heterocycles. The number of hydrogen-bond acceptors (Lipinski definition) is 10. The minimum atomic E-state index is -1.63. The van der Waals surface area contributed by atoms with Crippen molar-refractivity contribution in [3.8, 4) is 0 Å². The summed E-state index contributed by atoms with van der Waals surface area (Å²) < 4.78 is 17.5.